The number of aromatic nitrogens is 3. The zero-order valence-corrected chi connectivity index (χ0v) is 21.1. The first-order valence-corrected chi connectivity index (χ1v) is 10.9. The number of likely N-dealkylation sites (tertiary alicyclic amines) is 1. The summed E-state index contributed by atoms with van der Waals surface area (Å²) in [6.45, 7) is 6.88. The second-order valence-electron chi connectivity index (χ2n) is 7.95. The molecule has 0 spiro atoms. The highest BCUT2D eigenvalue weighted by molar-refractivity contribution is 14.0. The number of halogens is 1. The molecule has 1 saturated heterocycles. The molecule has 0 atom stereocenters. The summed E-state index contributed by atoms with van der Waals surface area (Å²) in [4.78, 5) is 15.6. The molecule has 0 amide bonds. The van der Waals surface area contributed by atoms with Gasteiger partial charge in [0.2, 0.25) is 0 Å². The second kappa shape index (κ2) is 12.0. The van der Waals surface area contributed by atoms with Crippen LogP contribution in [0.25, 0.3) is 5.82 Å². The fraction of sp³-hybridized carbons (Fsp3) is 0.375. The van der Waals surface area contributed by atoms with Gasteiger partial charge in [0.25, 0.3) is 0 Å². The summed E-state index contributed by atoms with van der Waals surface area (Å²) in [5.74, 6) is 2.57. The van der Waals surface area contributed by atoms with Crippen LogP contribution in [0.3, 0.4) is 0 Å². The fourth-order valence-corrected chi connectivity index (χ4v) is 3.84. The zero-order chi connectivity index (χ0) is 21.5. The van der Waals surface area contributed by atoms with E-state index >= 15 is 0 Å². The van der Waals surface area contributed by atoms with Crippen molar-refractivity contribution in [1.82, 2.24) is 30.1 Å². The monoisotopic (exact) mass is 545 g/mol. The predicted molar refractivity (Wildman–Crippen MR) is 140 cm³/mol. The van der Waals surface area contributed by atoms with Crippen molar-refractivity contribution < 1.29 is 0 Å². The Kier molecular flexibility index (Phi) is 9.04. The van der Waals surface area contributed by atoms with Gasteiger partial charge < -0.3 is 10.6 Å². The molecule has 170 valence electrons. The lowest BCUT2D eigenvalue weighted by Gasteiger charge is -2.15. The first-order chi connectivity index (χ1) is 15.2. The molecular weight excluding hydrogens is 513 g/mol. The Labute approximate surface area is 207 Å². The maximum Gasteiger partial charge on any atom is 0.191 e. The Morgan fingerprint density at radius 1 is 0.938 bits per heavy atom. The number of nitrogens with one attached hydrogen (secondary N) is 2. The normalized spacial score (nSPS) is 14.2. The van der Waals surface area contributed by atoms with Gasteiger partial charge in [0.05, 0.1) is 0 Å². The van der Waals surface area contributed by atoms with Gasteiger partial charge in [-0.25, -0.2) is 9.97 Å². The third-order valence-corrected chi connectivity index (χ3v) is 5.65. The summed E-state index contributed by atoms with van der Waals surface area (Å²) in [6.07, 6.45) is 8.24. The molecule has 0 bridgehead atoms. The van der Waals surface area contributed by atoms with Crippen LogP contribution in [0, 0.1) is 6.92 Å². The van der Waals surface area contributed by atoms with Gasteiger partial charge in [-0.05, 0) is 55.6 Å². The van der Waals surface area contributed by atoms with Crippen LogP contribution in [0.15, 0.2) is 60.0 Å². The molecule has 2 aromatic heterocycles. The van der Waals surface area contributed by atoms with Crippen LogP contribution in [0.1, 0.15) is 35.4 Å². The molecule has 0 radical (unpaired) electrons. The molecule has 0 unspecified atom stereocenters. The molecule has 7 nitrogen and oxygen atoms in total. The Hall–Kier alpha value is -2.46. The van der Waals surface area contributed by atoms with Crippen molar-refractivity contribution in [1.29, 1.82) is 0 Å². The molecule has 1 aliphatic rings. The highest BCUT2D eigenvalue weighted by Crippen LogP contribution is 2.13. The van der Waals surface area contributed by atoms with Crippen LogP contribution in [-0.2, 0) is 19.6 Å². The van der Waals surface area contributed by atoms with E-state index in [-0.39, 0.29) is 24.0 Å². The van der Waals surface area contributed by atoms with Gasteiger partial charge in [0.15, 0.2) is 5.96 Å². The quantitative estimate of drug-likeness (QED) is 0.270. The molecule has 32 heavy (non-hydrogen) atoms. The first-order valence-electron chi connectivity index (χ1n) is 10.9. The van der Waals surface area contributed by atoms with Crippen LogP contribution < -0.4 is 10.6 Å². The Bertz CT molecular complexity index is 990. The number of benzene rings is 1. The summed E-state index contributed by atoms with van der Waals surface area (Å²) < 4.78 is 1.97. The standard InChI is InChI=1S/C24H31N7.HI/c1-19-26-11-14-31(19)23-10-9-22(16-27-23)17-29-24(25-2)28-15-20-5-7-21(8-6-20)18-30-12-3-4-13-30;/h5-11,14,16H,3-4,12-13,15,17-18H2,1-2H3,(H2,25,28,29);1H. The maximum absolute atomic E-state index is 4.54. The number of rotatable bonds is 7. The lowest BCUT2D eigenvalue weighted by Crippen LogP contribution is -2.36. The Morgan fingerprint density at radius 3 is 2.19 bits per heavy atom. The van der Waals surface area contributed by atoms with Gasteiger partial charge in [-0.1, -0.05) is 30.3 Å². The van der Waals surface area contributed by atoms with Crippen molar-refractivity contribution >= 4 is 29.9 Å². The predicted octanol–water partition coefficient (Wildman–Crippen LogP) is 3.65. The summed E-state index contributed by atoms with van der Waals surface area (Å²) >= 11 is 0. The number of pyridine rings is 1. The van der Waals surface area contributed by atoms with Crippen LogP contribution in [0.2, 0.25) is 0 Å². The van der Waals surface area contributed by atoms with E-state index in [1.807, 2.05) is 30.0 Å². The Balaban J connectivity index is 0.00000289. The van der Waals surface area contributed by atoms with Crippen molar-refractivity contribution in [2.45, 2.75) is 39.4 Å². The third kappa shape index (κ3) is 6.52. The Morgan fingerprint density at radius 2 is 1.59 bits per heavy atom. The van der Waals surface area contributed by atoms with Gasteiger partial charge in [-0.15, -0.1) is 24.0 Å². The molecular formula is C24H32IN7. The lowest BCUT2D eigenvalue weighted by atomic mass is 10.1. The fourth-order valence-electron chi connectivity index (χ4n) is 3.84. The minimum Gasteiger partial charge on any atom is -0.352 e. The number of hydrogen-bond donors (Lipinski definition) is 2. The van der Waals surface area contributed by atoms with Gasteiger partial charge >= 0.3 is 0 Å². The average molecular weight is 545 g/mol. The molecule has 0 saturated carbocycles. The van der Waals surface area contributed by atoms with Gasteiger partial charge in [-0.3, -0.25) is 14.5 Å². The second-order valence-corrected chi connectivity index (χ2v) is 7.95. The van der Waals surface area contributed by atoms with Crippen LogP contribution in [0.5, 0.6) is 0 Å². The molecule has 4 rings (SSSR count). The van der Waals surface area contributed by atoms with Crippen molar-refractivity contribution in [2.75, 3.05) is 20.1 Å². The minimum atomic E-state index is 0. The van der Waals surface area contributed by atoms with Gasteiger partial charge in [0, 0.05) is 45.3 Å². The first kappa shape index (κ1) is 24.2. The van der Waals surface area contributed by atoms with Crippen LogP contribution in [-0.4, -0.2) is 45.5 Å². The van der Waals surface area contributed by atoms with Crippen LogP contribution >= 0.6 is 24.0 Å². The minimum absolute atomic E-state index is 0. The number of nitrogens with zero attached hydrogens (tertiary/aromatic N) is 5. The summed E-state index contributed by atoms with van der Waals surface area (Å²) in [7, 11) is 1.79. The zero-order valence-electron chi connectivity index (χ0n) is 18.8. The molecule has 2 N–H and O–H groups in total. The van der Waals surface area contributed by atoms with E-state index in [1.54, 1.807) is 13.2 Å². The average Bonchev–Trinajstić information content (AvgIpc) is 3.47. The summed E-state index contributed by atoms with van der Waals surface area (Å²) in [5.41, 5.74) is 3.72. The lowest BCUT2D eigenvalue weighted by molar-refractivity contribution is 0.331. The van der Waals surface area contributed by atoms with Crippen molar-refractivity contribution in [2.24, 2.45) is 4.99 Å². The smallest absolute Gasteiger partial charge is 0.191 e. The summed E-state index contributed by atoms with van der Waals surface area (Å²) in [6, 6.07) is 13.0. The number of aliphatic imine (C=N–C) groups is 1. The highest BCUT2D eigenvalue weighted by atomic mass is 127. The number of guanidine groups is 1. The maximum atomic E-state index is 4.54. The largest absolute Gasteiger partial charge is 0.352 e. The van der Waals surface area contributed by atoms with E-state index in [0.29, 0.717) is 6.54 Å². The van der Waals surface area contributed by atoms with E-state index in [0.717, 1.165) is 36.3 Å². The van der Waals surface area contributed by atoms with Crippen molar-refractivity contribution in [3.05, 3.63) is 77.5 Å². The molecule has 1 aliphatic heterocycles. The van der Waals surface area contributed by atoms with E-state index in [9.17, 15) is 0 Å². The molecule has 1 fully saturated rings. The SMILES string of the molecule is CN=C(NCc1ccc(CN2CCCC2)cc1)NCc1ccc(-n2ccnc2C)nc1.I. The van der Waals surface area contributed by atoms with E-state index in [1.165, 1.54) is 37.1 Å². The number of hydrogen-bond acceptors (Lipinski definition) is 4. The number of imidazole rings is 1. The topological polar surface area (TPSA) is 70.4 Å². The third-order valence-electron chi connectivity index (χ3n) is 5.65. The molecule has 3 aromatic rings. The number of aryl methyl sites for hydroxylation is 1. The molecule has 0 aliphatic carbocycles. The van der Waals surface area contributed by atoms with E-state index in [4.69, 9.17) is 0 Å². The van der Waals surface area contributed by atoms with Crippen molar-refractivity contribution in [3.8, 4) is 5.82 Å². The molecule has 3 heterocycles. The highest BCUT2D eigenvalue weighted by Gasteiger charge is 2.11. The van der Waals surface area contributed by atoms with E-state index < -0.39 is 0 Å². The van der Waals surface area contributed by atoms with Crippen LogP contribution in [0.4, 0.5) is 0 Å². The van der Waals surface area contributed by atoms with E-state index in [2.05, 4.69) is 60.8 Å². The van der Waals surface area contributed by atoms with Gasteiger partial charge in [-0.2, -0.15) is 0 Å². The van der Waals surface area contributed by atoms with Crippen molar-refractivity contribution in [3.63, 3.8) is 0 Å². The molecule has 1 aromatic carbocycles. The molecule has 8 heteroatoms. The van der Waals surface area contributed by atoms with Gasteiger partial charge in [0.1, 0.15) is 11.6 Å². The summed E-state index contributed by atoms with van der Waals surface area (Å²) in [5, 5.41) is 6.74.